The second kappa shape index (κ2) is 2.54. The summed E-state index contributed by atoms with van der Waals surface area (Å²) in [6.45, 7) is 1.83. The smallest absolute Gasteiger partial charge is 0.247 e. The van der Waals surface area contributed by atoms with Crippen LogP contribution in [-0.2, 0) is 0 Å². The summed E-state index contributed by atoms with van der Waals surface area (Å²) in [6.07, 6.45) is 1.81. The molecule has 0 N–H and O–H groups in total. The molecule has 3 heteroatoms. The first kappa shape index (κ1) is 7.50. The lowest BCUT2D eigenvalue weighted by atomic mass is 10.2. The number of nitrogens with zero attached hydrogens (tertiary/aromatic N) is 2. The zero-order valence-electron chi connectivity index (χ0n) is 7.69. The average molecular weight is 184 g/mol. The van der Waals surface area contributed by atoms with Crippen molar-refractivity contribution >= 4 is 22.0 Å². The number of oxazole rings is 1. The standard InChI is InChI=1S/C11H8N2O/c1-7-13-10-9-5-3-2-4-8(9)6-12-11(10)14-7/h2-6H,1H3. The van der Waals surface area contributed by atoms with Crippen molar-refractivity contribution in [3.8, 4) is 0 Å². The lowest BCUT2D eigenvalue weighted by Crippen LogP contribution is -1.78. The highest BCUT2D eigenvalue weighted by atomic mass is 16.4. The Morgan fingerprint density at radius 2 is 2.07 bits per heavy atom. The van der Waals surface area contributed by atoms with Crippen LogP contribution in [0.4, 0.5) is 0 Å². The van der Waals surface area contributed by atoms with Crippen molar-refractivity contribution in [2.45, 2.75) is 6.92 Å². The van der Waals surface area contributed by atoms with Crippen LogP contribution in [0.5, 0.6) is 0 Å². The number of aromatic nitrogens is 2. The molecular weight excluding hydrogens is 176 g/mol. The van der Waals surface area contributed by atoms with Gasteiger partial charge in [-0.05, 0) is 0 Å². The van der Waals surface area contributed by atoms with E-state index >= 15 is 0 Å². The molecule has 0 amide bonds. The average Bonchev–Trinajstić information content (AvgIpc) is 2.59. The summed E-state index contributed by atoms with van der Waals surface area (Å²) in [6, 6.07) is 8.03. The van der Waals surface area contributed by atoms with Gasteiger partial charge >= 0.3 is 0 Å². The zero-order valence-corrected chi connectivity index (χ0v) is 7.69. The van der Waals surface area contributed by atoms with Crippen molar-refractivity contribution in [1.29, 1.82) is 0 Å². The number of fused-ring (bicyclic) bond motifs is 3. The lowest BCUT2D eigenvalue weighted by Gasteiger charge is -1.94. The fraction of sp³-hybridized carbons (Fsp3) is 0.0909. The molecule has 0 aliphatic rings. The molecule has 3 nitrogen and oxygen atoms in total. The highest BCUT2D eigenvalue weighted by molar-refractivity contribution is 6.01. The van der Waals surface area contributed by atoms with E-state index in [-0.39, 0.29) is 0 Å². The Kier molecular flexibility index (Phi) is 1.36. The van der Waals surface area contributed by atoms with Gasteiger partial charge in [0.15, 0.2) is 5.89 Å². The molecule has 0 spiro atoms. The van der Waals surface area contributed by atoms with Crippen LogP contribution >= 0.6 is 0 Å². The molecule has 3 rings (SSSR count). The van der Waals surface area contributed by atoms with Crippen LogP contribution in [0, 0.1) is 6.92 Å². The van der Waals surface area contributed by atoms with E-state index in [1.54, 1.807) is 0 Å². The maximum Gasteiger partial charge on any atom is 0.247 e. The van der Waals surface area contributed by atoms with E-state index < -0.39 is 0 Å². The number of benzene rings is 1. The van der Waals surface area contributed by atoms with Crippen molar-refractivity contribution in [2.24, 2.45) is 0 Å². The van der Waals surface area contributed by atoms with Crippen molar-refractivity contribution < 1.29 is 4.42 Å². The summed E-state index contributed by atoms with van der Waals surface area (Å²) in [5.41, 5.74) is 1.46. The second-order valence-electron chi connectivity index (χ2n) is 3.23. The molecule has 0 aliphatic heterocycles. The highest BCUT2D eigenvalue weighted by Crippen LogP contribution is 2.22. The van der Waals surface area contributed by atoms with E-state index in [0.29, 0.717) is 11.6 Å². The Labute approximate surface area is 80.4 Å². The van der Waals surface area contributed by atoms with E-state index in [1.807, 2.05) is 37.4 Å². The molecule has 3 aromatic rings. The van der Waals surface area contributed by atoms with E-state index in [4.69, 9.17) is 4.42 Å². The first-order valence-corrected chi connectivity index (χ1v) is 4.45. The molecule has 0 aliphatic carbocycles. The Morgan fingerprint density at radius 1 is 1.21 bits per heavy atom. The maximum atomic E-state index is 5.35. The minimum Gasteiger partial charge on any atom is -0.423 e. The van der Waals surface area contributed by atoms with Gasteiger partial charge in [0, 0.05) is 23.9 Å². The number of aryl methyl sites for hydroxylation is 1. The second-order valence-corrected chi connectivity index (χ2v) is 3.23. The van der Waals surface area contributed by atoms with Crippen molar-refractivity contribution in [3.63, 3.8) is 0 Å². The Balaban J connectivity index is 2.60. The molecule has 68 valence electrons. The quantitative estimate of drug-likeness (QED) is 0.539. The normalized spacial score (nSPS) is 11.2. The van der Waals surface area contributed by atoms with E-state index in [2.05, 4.69) is 9.97 Å². The largest absolute Gasteiger partial charge is 0.423 e. The van der Waals surface area contributed by atoms with Crippen molar-refractivity contribution in [1.82, 2.24) is 9.97 Å². The topological polar surface area (TPSA) is 38.9 Å². The molecule has 14 heavy (non-hydrogen) atoms. The Bertz CT molecular complexity index is 613. The minimum atomic E-state index is 0.612. The summed E-state index contributed by atoms with van der Waals surface area (Å²) >= 11 is 0. The van der Waals surface area contributed by atoms with Gasteiger partial charge in [-0.25, -0.2) is 9.97 Å². The van der Waals surface area contributed by atoms with Gasteiger partial charge in [-0.3, -0.25) is 0 Å². The van der Waals surface area contributed by atoms with E-state index in [0.717, 1.165) is 16.3 Å². The number of hydrogen-bond donors (Lipinski definition) is 0. The van der Waals surface area contributed by atoms with Crippen LogP contribution < -0.4 is 0 Å². The van der Waals surface area contributed by atoms with Gasteiger partial charge in [0.1, 0.15) is 5.52 Å². The van der Waals surface area contributed by atoms with Crippen LogP contribution in [0.1, 0.15) is 5.89 Å². The molecule has 0 fully saturated rings. The van der Waals surface area contributed by atoms with Crippen LogP contribution in [0.3, 0.4) is 0 Å². The van der Waals surface area contributed by atoms with Gasteiger partial charge in [-0.2, -0.15) is 0 Å². The van der Waals surface area contributed by atoms with Crippen molar-refractivity contribution in [2.75, 3.05) is 0 Å². The molecule has 2 aromatic heterocycles. The Hall–Kier alpha value is -1.90. The predicted octanol–water partition coefficient (Wildman–Crippen LogP) is 2.68. The van der Waals surface area contributed by atoms with Gasteiger partial charge in [-0.1, -0.05) is 24.3 Å². The molecular formula is C11H8N2O. The maximum absolute atomic E-state index is 5.35. The SMILES string of the molecule is Cc1nc2c(ncc3ccccc32)o1. The van der Waals surface area contributed by atoms with Crippen LogP contribution in [0.2, 0.25) is 0 Å². The van der Waals surface area contributed by atoms with E-state index in [1.165, 1.54) is 0 Å². The first-order valence-electron chi connectivity index (χ1n) is 4.45. The molecule has 0 atom stereocenters. The van der Waals surface area contributed by atoms with E-state index in [9.17, 15) is 0 Å². The third-order valence-corrected chi connectivity index (χ3v) is 2.25. The molecule has 1 aromatic carbocycles. The summed E-state index contributed by atoms with van der Waals surface area (Å²) in [5.74, 6) is 0.656. The summed E-state index contributed by atoms with van der Waals surface area (Å²) < 4.78 is 5.35. The molecule has 2 heterocycles. The summed E-state index contributed by atoms with van der Waals surface area (Å²) in [4.78, 5) is 8.51. The number of rotatable bonds is 0. The molecule has 0 saturated carbocycles. The lowest BCUT2D eigenvalue weighted by molar-refractivity contribution is 0.551. The zero-order chi connectivity index (χ0) is 9.54. The Morgan fingerprint density at radius 3 is 3.00 bits per heavy atom. The van der Waals surface area contributed by atoms with Gasteiger partial charge in [0.2, 0.25) is 5.71 Å². The van der Waals surface area contributed by atoms with Gasteiger partial charge in [0.05, 0.1) is 0 Å². The predicted molar refractivity (Wildman–Crippen MR) is 54.0 cm³/mol. The third kappa shape index (κ3) is 0.923. The fourth-order valence-corrected chi connectivity index (χ4v) is 1.63. The fourth-order valence-electron chi connectivity index (χ4n) is 1.63. The highest BCUT2D eigenvalue weighted by Gasteiger charge is 2.06. The van der Waals surface area contributed by atoms with Crippen molar-refractivity contribution in [3.05, 3.63) is 36.4 Å². The molecule has 0 radical (unpaired) electrons. The third-order valence-electron chi connectivity index (χ3n) is 2.25. The summed E-state index contributed by atoms with van der Waals surface area (Å²) in [5, 5.41) is 2.18. The monoisotopic (exact) mass is 184 g/mol. The molecule has 0 saturated heterocycles. The summed E-state index contributed by atoms with van der Waals surface area (Å²) in [7, 11) is 0. The van der Waals surface area contributed by atoms with Crippen LogP contribution in [0.25, 0.3) is 22.0 Å². The number of pyridine rings is 1. The van der Waals surface area contributed by atoms with Gasteiger partial charge in [0.25, 0.3) is 0 Å². The van der Waals surface area contributed by atoms with Crippen LogP contribution in [0.15, 0.2) is 34.9 Å². The van der Waals surface area contributed by atoms with Gasteiger partial charge in [-0.15, -0.1) is 0 Å². The van der Waals surface area contributed by atoms with Gasteiger partial charge < -0.3 is 4.42 Å². The number of hydrogen-bond acceptors (Lipinski definition) is 3. The first-order chi connectivity index (χ1) is 6.84. The molecule has 0 unspecified atom stereocenters. The molecule has 0 bridgehead atoms. The van der Waals surface area contributed by atoms with Crippen LogP contribution in [-0.4, -0.2) is 9.97 Å². The minimum absolute atomic E-state index is 0.612.